The minimum absolute atomic E-state index is 0.138. The van der Waals surface area contributed by atoms with E-state index in [1.807, 2.05) is 42.8 Å². The summed E-state index contributed by atoms with van der Waals surface area (Å²) in [4.78, 5) is 39.2. The van der Waals surface area contributed by atoms with Gasteiger partial charge >= 0.3 is 18.0 Å². The van der Waals surface area contributed by atoms with Gasteiger partial charge in [0.25, 0.3) is 0 Å². The van der Waals surface area contributed by atoms with Crippen LogP contribution in [0.5, 0.6) is 0 Å². The third kappa shape index (κ3) is 5.38. The molecule has 1 fully saturated rings. The number of halogens is 4. The van der Waals surface area contributed by atoms with Crippen molar-refractivity contribution in [2.75, 3.05) is 23.7 Å². The summed E-state index contributed by atoms with van der Waals surface area (Å²) in [5.41, 5.74) is -1.22. The molecule has 3 aromatic heterocycles. The van der Waals surface area contributed by atoms with Crippen LogP contribution in [0, 0.1) is 0 Å². The Kier molecular flexibility index (Phi) is 7.55. The number of fused-ring (bicyclic) bond motifs is 1. The lowest BCUT2D eigenvalue weighted by molar-refractivity contribution is -0.137. The van der Waals surface area contributed by atoms with Gasteiger partial charge in [-0.05, 0) is 58.9 Å². The molecule has 2 aliphatic heterocycles. The van der Waals surface area contributed by atoms with Crippen LogP contribution < -0.4 is 10.6 Å². The summed E-state index contributed by atoms with van der Waals surface area (Å²) in [7, 11) is 0. The number of hydrogen-bond acceptors (Lipinski definition) is 7. The van der Waals surface area contributed by atoms with E-state index < -0.39 is 34.1 Å². The summed E-state index contributed by atoms with van der Waals surface area (Å²) >= 11 is 7.69. The highest BCUT2D eigenvalue weighted by atomic mass is 35.5. The number of anilines is 1. The first kappa shape index (κ1) is 30.6. The Hall–Kier alpha value is -3.45. The smallest absolute Gasteiger partial charge is 0.417 e. The van der Waals surface area contributed by atoms with E-state index in [2.05, 4.69) is 9.97 Å². The van der Waals surface area contributed by atoms with Crippen LogP contribution in [0.3, 0.4) is 0 Å². The van der Waals surface area contributed by atoms with Crippen LogP contribution in [-0.4, -0.2) is 66.6 Å². The molecular weight excluding hydrogens is 617 g/mol. The molecule has 0 N–H and O–H groups in total. The van der Waals surface area contributed by atoms with E-state index in [9.17, 15) is 22.8 Å². The van der Waals surface area contributed by atoms with Gasteiger partial charge in [0.2, 0.25) is 0 Å². The van der Waals surface area contributed by atoms with Crippen molar-refractivity contribution in [1.82, 2.24) is 24.0 Å². The molecule has 2 aliphatic rings. The fraction of sp³-hybridized carbons (Fsp3) is 0.467. The summed E-state index contributed by atoms with van der Waals surface area (Å²) in [5, 5.41) is 0.661. The van der Waals surface area contributed by atoms with Gasteiger partial charge in [-0.3, -0.25) is 9.47 Å². The molecule has 3 atom stereocenters. The van der Waals surface area contributed by atoms with E-state index in [4.69, 9.17) is 16.3 Å². The number of benzene rings is 1. The van der Waals surface area contributed by atoms with Gasteiger partial charge in [0.15, 0.2) is 0 Å². The first-order valence-corrected chi connectivity index (χ1v) is 15.6. The molecule has 0 radical (unpaired) electrons. The number of ether oxygens (including phenoxy) is 1. The number of aromatic nitrogens is 4. The van der Waals surface area contributed by atoms with Crippen LogP contribution in [0.4, 0.5) is 23.8 Å². The van der Waals surface area contributed by atoms with Gasteiger partial charge in [-0.2, -0.15) is 18.2 Å². The Morgan fingerprint density at radius 3 is 2.48 bits per heavy atom. The topological polar surface area (TPSA) is 85.5 Å². The second-order valence-electron chi connectivity index (χ2n) is 12.4. The fourth-order valence-electron chi connectivity index (χ4n) is 6.18. The highest BCUT2D eigenvalue weighted by Crippen LogP contribution is 2.47. The van der Waals surface area contributed by atoms with Crippen LogP contribution in [-0.2, 0) is 17.5 Å². The standard InChI is InChI=1S/C30H32ClF3N6O3S/c1-16-12-37(13-17(2)40(16)28(42)43-29(3,4)5)26-20-11-21(30(32,33)34)22(31)24-23(20)39(27(41)36-26)14-19(15-44-24)38-10-8-18-7-6-9-35-25(18)38/h6-11,16-17,19H,12-15H2,1-5H3/t16-,17-,19+/m1/s1. The lowest BCUT2D eigenvalue weighted by atomic mass is 10.1. The van der Waals surface area contributed by atoms with E-state index in [1.54, 1.807) is 36.8 Å². The molecule has 1 aromatic carbocycles. The zero-order valence-electron chi connectivity index (χ0n) is 24.9. The van der Waals surface area contributed by atoms with E-state index in [0.29, 0.717) is 16.9 Å². The van der Waals surface area contributed by atoms with Crippen molar-refractivity contribution in [3.63, 3.8) is 0 Å². The quantitative estimate of drug-likeness (QED) is 0.242. The number of thioether (sulfide) groups is 1. The summed E-state index contributed by atoms with van der Waals surface area (Å²) in [6, 6.07) is 5.62. The Morgan fingerprint density at radius 2 is 1.82 bits per heavy atom. The van der Waals surface area contributed by atoms with Crippen molar-refractivity contribution in [2.24, 2.45) is 0 Å². The molecule has 14 heteroatoms. The van der Waals surface area contributed by atoms with Crippen molar-refractivity contribution >= 4 is 57.2 Å². The van der Waals surface area contributed by atoms with Gasteiger partial charge < -0.3 is 14.2 Å². The Balaban J connectivity index is 1.47. The number of carbonyl (C=O) groups is 1. The second kappa shape index (κ2) is 10.9. The normalized spacial score (nSPS) is 21.2. The molecule has 6 rings (SSSR count). The highest BCUT2D eigenvalue weighted by molar-refractivity contribution is 7.99. The van der Waals surface area contributed by atoms with Crippen LogP contribution in [0.1, 0.15) is 46.2 Å². The molecule has 234 valence electrons. The first-order valence-electron chi connectivity index (χ1n) is 14.3. The predicted molar refractivity (Wildman–Crippen MR) is 165 cm³/mol. The summed E-state index contributed by atoms with van der Waals surface area (Å²) < 4.78 is 52.1. The van der Waals surface area contributed by atoms with Gasteiger partial charge in [-0.25, -0.2) is 14.6 Å². The molecule has 9 nitrogen and oxygen atoms in total. The van der Waals surface area contributed by atoms with Gasteiger partial charge in [-0.15, -0.1) is 11.8 Å². The van der Waals surface area contributed by atoms with Crippen molar-refractivity contribution in [3.05, 3.63) is 57.7 Å². The minimum Gasteiger partial charge on any atom is -0.444 e. The molecule has 0 unspecified atom stereocenters. The maximum Gasteiger partial charge on any atom is 0.417 e. The largest absolute Gasteiger partial charge is 0.444 e. The molecule has 0 spiro atoms. The molecule has 4 aromatic rings. The maximum atomic E-state index is 14.4. The number of rotatable bonds is 2. The number of nitrogens with zero attached hydrogens (tertiary/aromatic N) is 6. The van der Waals surface area contributed by atoms with Gasteiger partial charge in [-0.1, -0.05) is 11.6 Å². The van der Waals surface area contributed by atoms with Crippen molar-refractivity contribution < 1.29 is 22.7 Å². The second-order valence-corrected chi connectivity index (χ2v) is 13.8. The number of carbonyl (C=O) groups excluding carboxylic acids is 1. The number of amides is 1. The number of pyridine rings is 1. The summed E-state index contributed by atoms with van der Waals surface area (Å²) in [6.07, 6.45) is -1.66. The molecule has 0 saturated carbocycles. The minimum atomic E-state index is -4.73. The fourth-order valence-corrected chi connectivity index (χ4v) is 7.81. The zero-order chi connectivity index (χ0) is 31.7. The van der Waals surface area contributed by atoms with Crippen LogP contribution in [0.15, 0.2) is 46.3 Å². The molecule has 0 aliphatic carbocycles. The van der Waals surface area contributed by atoms with Crippen molar-refractivity contribution in [2.45, 2.75) is 76.0 Å². The van der Waals surface area contributed by atoms with Crippen LogP contribution >= 0.6 is 23.4 Å². The molecular formula is C30H32ClF3N6O3S. The number of hydrogen-bond donors (Lipinski definition) is 0. The first-order chi connectivity index (χ1) is 20.6. The molecule has 0 bridgehead atoms. The number of piperazine rings is 1. The summed E-state index contributed by atoms with van der Waals surface area (Å²) in [5.74, 6) is 0.495. The number of alkyl halides is 3. The lowest BCUT2D eigenvalue weighted by Crippen LogP contribution is -2.59. The predicted octanol–water partition coefficient (Wildman–Crippen LogP) is 6.60. The highest BCUT2D eigenvalue weighted by Gasteiger charge is 2.40. The summed E-state index contributed by atoms with van der Waals surface area (Å²) in [6.45, 7) is 9.68. The monoisotopic (exact) mass is 648 g/mol. The van der Waals surface area contributed by atoms with Crippen molar-refractivity contribution in [1.29, 1.82) is 0 Å². The van der Waals surface area contributed by atoms with Gasteiger partial charge in [0, 0.05) is 48.6 Å². The molecule has 5 heterocycles. The lowest BCUT2D eigenvalue weighted by Gasteiger charge is -2.45. The van der Waals surface area contributed by atoms with E-state index in [-0.39, 0.29) is 53.9 Å². The molecule has 44 heavy (non-hydrogen) atoms. The molecule has 1 amide bonds. The van der Waals surface area contributed by atoms with E-state index in [0.717, 1.165) is 11.5 Å². The Morgan fingerprint density at radius 1 is 1.11 bits per heavy atom. The maximum absolute atomic E-state index is 14.4. The third-order valence-electron chi connectivity index (χ3n) is 7.95. The average molecular weight is 649 g/mol. The Bertz CT molecular complexity index is 1820. The zero-order valence-corrected chi connectivity index (χ0v) is 26.4. The SMILES string of the molecule is C[C@@H]1CN(c2nc(=O)n3c4c(c(Cl)c(C(F)(F)F)cc24)SC[C@@H](n2ccc4cccnc42)C3)C[C@@H](C)N1C(=O)OC(C)(C)C. The van der Waals surface area contributed by atoms with Crippen LogP contribution in [0.2, 0.25) is 5.02 Å². The third-order valence-corrected chi connectivity index (χ3v) is 9.69. The van der Waals surface area contributed by atoms with Crippen LogP contribution in [0.25, 0.3) is 21.9 Å². The van der Waals surface area contributed by atoms with Gasteiger partial charge in [0.1, 0.15) is 17.1 Å². The average Bonchev–Trinajstić information content (AvgIpc) is 3.23. The van der Waals surface area contributed by atoms with E-state index in [1.165, 1.54) is 16.3 Å². The van der Waals surface area contributed by atoms with E-state index >= 15 is 0 Å². The van der Waals surface area contributed by atoms with Gasteiger partial charge in [0.05, 0.1) is 39.1 Å². The Labute approximate surface area is 260 Å². The molecule has 1 saturated heterocycles. The van der Waals surface area contributed by atoms with Crippen molar-refractivity contribution in [3.8, 4) is 0 Å².